The Morgan fingerprint density at radius 1 is 0.870 bits per heavy atom. The van der Waals surface area contributed by atoms with E-state index in [1.807, 2.05) is 0 Å². The van der Waals surface area contributed by atoms with Gasteiger partial charge in [0, 0.05) is 0 Å². The third-order valence-electron chi connectivity index (χ3n) is 3.24. The largest absolute Gasteiger partial charge is 1.00 e. The topological polar surface area (TPSA) is 74.6 Å². The number of aromatic carboxylic acids is 2. The molecule has 23 heavy (non-hydrogen) atoms. The summed E-state index contributed by atoms with van der Waals surface area (Å²) in [5, 5.41) is 17.1. The van der Waals surface area contributed by atoms with E-state index in [2.05, 4.69) is 13.8 Å². The van der Waals surface area contributed by atoms with Crippen molar-refractivity contribution in [3.8, 4) is 0 Å². The quantitative estimate of drug-likeness (QED) is 0.413. The van der Waals surface area contributed by atoms with Gasteiger partial charge in [0.1, 0.15) is 0 Å². The molecule has 0 aliphatic rings. The van der Waals surface area contributed by atoms with Gasteiger partial charge in [0.15, 0.2) is 0 Å². The van der Waals surface area contributed by atoms with Gasteiger partial charge in [-0.1, -0.05) is 64.0 Å². The smallest absolute Gasteiger partial charge is 0.478 e. The SMILES string of the molecule is O=C(O)c1ccccc1C(=O)O.[CH2-]CCCCCCCCC.[Na+]. The van der Waals surface area contributed by atoms with Crippen LogP contribution in [0.2, 0.25) is 0 Å². The minimum atomic E-state index is -1.23. The van der Waals surface area contributed by atoms with Gasteiger partial charge in [-0.15, -0.1) is 0 Å². The van der Waals surface area contributed by atoms with Crippen LogP contribution in [-0.2, 0) is 0 Å². The van der Waals surface area contributed by atoms with Gasteiger partial charge in [0.2, 0.25) is 0 Å². The van der Waals surface area contributed by atoms with Crippen molar-refractivity contribution in [1.29, 1.82) is 0 Å². The van der Waals surface area contributed by atoms with Crippen LogP contribution < -0.4 is 29.6 Å². The van der Waals surface area contributed by atoms with E-state index in [4.69, 9.17) is 10.2 Å². The van der Waals surface area contributed by atoms with Gasteiger partial charge < -0.3 is 17.1 Å². The number of unbranched alkanes of at least 4 members (excludes halogenated alkanes) is 7. The van der Waals surface area contributed by atoms with E-state index in [1.54, 1.807) is 0 Å². The molecule has 1 aromatic rings. The van der Waals surface area contributed by atoms with Crippen LogP contribution in [0.15, 0.2) is 24.3 Å². The summed E-state index contributed by atoms with van der Waals surface area (Å²) in [7, 11) is 0. The maximum Gasteiger partial charge on any atom is 1.00 e. The predicted molar refractivity (Wildman–Crippen MR) is 88.3 cm³/mol. The molecule has 5 heteroatoms. The Labute approximate surface area is 161 Å². The van der Waals surface area contributed by atoms with Gasteiger partial charge >= 0.3 is 41.5 Å². The summed E-state index contributed by atoms with van der Waals surface area (Å²) < 4.78 is 0. The molecular weight excluding hydrogens is 303 g/mol. The van der Waals surface area contributed by atoms with Crippen molar-refractivity contribution in [1.82, 2.24) is 0 Å². The van der Waals surface area contributed by atoms with Gasteiger partial charge in [-0.05, 0) is 12.1 Å². The fourth-order valence-corrected chi connectivity index (χ4v) is 1.99. The summed E-state index contributed by atoms with van der Waals surface area (Å²) in [4.78, 5) is 20.9. The summed E-state index contributed by atoms with van der Waals surface area (Å²) in [6.07, 6.45) is 10.9. The molecular formula is C18H27NaO4. The van der Waals surface area contributed by atoms with Gasteiger partial charge in [-0.3, -0.25) is 0 Å². The van der Waals surface area contributed by atoms with Crippen molar-refractivity contribution in [2.75, 3.05) is 0 Å². The fourth-order valence-electron chi connectivity index (χ4n) is 1.99. The van der Waals surface area contributed by atoms with Crippen molar-refractivity contribution in [2.24, 2.45) is 0 Å². The Morgan fingerprint density at radius 2 is 1.26 bits per heavy atom. The molecule has 0 heterocycles. The van der Waals surface area contributed by atoms with E-state index in [1.165, 1.54) is 69.2 Å². The molecule has 0 radical (unpaired) electrons. The van der Waals surface area contributed by atoms with Gasteiger partial charge in [0.25, 0.3) is 0 Å². The molecule has 4 nitrogen and oxygen atoms in total. The number of carboxylic acids is 2. The monoisotopic (exact) mass is 330 g/mol. The molecule has 124 valence electrons. The number of benzene rings is 1. The number of carboxylic acid groups (broad SMARTS) is 2. The molecule has 2 N–H and O–H groups in total. The number of rotatable bonds is 9. The van der Waals surface area contributed by atoms with Crippen molar-refractivity contribution in [3.05, 3.63) is 42.3 Å². The second-order valence-corrected chi connectivity index (χ2v) is 5.13. The minimum Gasteiger partial charge on any atom is -0.478 e. The normalized spacial score (nSPS) is 9.30. The summed E-state index contributed by atoms with van der Waals surface area (Å²) in [5.41, 5.74) is -0.380. The third-order valence-corrected chi connectivity index (χ3v) is 3.24. The molecule has 0 fully saturated rings. The maximum absolute atomic E-state index is 10.5. The Hall–Kier alpha value is -0.840. The molecule has 0 bridgehead atoms. The van der Waals surface area contributed by atoms with Crippen LogP contribution in [0.3, 0.4) is 0 Å². The average molecular weight is 330 g/mol. The Balaban J connectivity index is 0. The fraction of sp³-hybridized carbons (Fsp3) is 0.500. The molecule has 0 aliphatic carbocycles. The summed E-state index contributed by atoms with van der Waals surface area (Å²) in [5.74, 6) is -2.46. The molecule has 0 saturated heterocycles. The second kappa shape index (κ2) is 16.0. The number of hydrogen-bond acceptors (Lipinski definition) is 2. The van der Waals surface area contributed by atoms with Gasteiger partial charge in [0.05, 0.1) is 11.1 Å². The first-order valence-electron chi connectivity index (χ1n) is 7.89. The molecule has 0 aliphatic heterocycles. The first-order valence-corrected chi connectivity index (χ1v) is 7.89. The van der Waals surface area contributed by atoms with E-state index >= 15 is 0 Å². The van der Waals surface area contributed by atoms with E-state index in [0.717, 1.165) is 6.42 Å². The first-order chi connectivity index (χ1) is 10.5. The van der Waals surface area contributed by atoms with Crippen LogP contribution in [-0.4, -0.2) is 22.2 Å². The molecule has 0 amide bonds. The standard InChI is InChI=1S/C10H21.C8H6O4.Na/c1-3-5-7-9-10-8-6-4-2;9-7(10)5-3-1-2-4-6(5)8(11)12;/h1,3-10H2,2H3;1-4H,(H,9,10)(H,11,12);/q-1;;+1. The Morgan fingerprint density at radius 3 is 1.61 bits per heavy atom. The molecule has 0 unspecified atom stereocenters. The van der Waals surface area contributed by atoms with E-state index < -0.39 is 11.9 Å². The molecule has 0 spiro atoms. The number of hydrogen-bond donors (Lipinski definition) is 2. The third kappa shape index (κ3) is 12.3. The van der Waals surface area contributed by atoms with Crippen molar-refractivity contribution in [2.45, 2.75) is 58.3 Å². The molecule has 1 aromatic carbocycles. The molecule has 1 rings (SSSR count). The zero-order valence-corrected chi connectivity index (χ0v) is 16.4. The van der Waals surface area contributed by atoms with Crippen LogP contribution in [0.4, 0.5) is 0 Å². The van der Waals surface area contributed by atoms with Crippen LogP contribution >= 0.6 is 0 Å². The van der Waals surface area contributed by atoms with E-state index in [-0.39, 0.29) is 40.7 Å². The first kappa shape index (κ1) is 24.4. The van der Waals surface area contributed by atoms with Crippen molar-refractivity contribution in [3.63, 3.8) is 0 Å². The Bertz CT molecular complexity index is 405. The summed E-state index contributed by atoms with van der Waals surface area (Å²) in [6.45, 7) is 6.08. The zero-order chi connectivity index (χ0) is 16.8. The Kier molecular flexibility index (Phi) is 17.0. The van der Waals surface area contributed by atoms with Crippen LogP contribution in [0.1, 0.15) is 79.0 Å². The minimum absolute atomic E-state index is 0. The van der Waals surface area contributed by atoms with Gasteiger partial charge in [-0.25, -0.2) is 9.59 Å². The summed E-state index contributed by atoms with van der Waals surface area (Å²) in [6, 6.07) is 5.48. The van der Waals surface area contributed by atoms with Crippen molar-refractivity contribution < 1.29 is 49.4 Å². The number of carbonyl (C=O) groups is 2. The second-order valence-electron chi connectivity index (χ2n) is 5.13. The van der Waals surface area contributed by atoms with Gasteiger partial charge in [-0.2, -0.15) is 6.42 Å². The molecule has 0 aromatic heterocycles. The van der Waals surface area contributed by atoms with E-state index in [0.29, 0.717) is 0 Å². The zero-order valence-electron chi connectivity index (χ0n) is 14.4. The van der Waals surface area contributed by atoms with Crippen LogP contribution in [0.5, 0.6) is 0 Å². The summed E-state index contributed by atoms with van der Waals surface area (Å²) >= 11 is 0. The maximum atomic E-state index is 10.5. The van der Waals surface area contributed by atoms with Crippen LogP contribution in [0, 0.1) is 6.92 Å². The van der Waals surface area contributed by atoms with E-state index in [9.17, 15) is 9.59 Å². The molecule has 0 atom stereocenters. The average Bonchev–Trinajstić information content (AvgIpc) is 2.51. The van der Waals surface area contributed by atoms with Crippen LogP contribution in [0.25, 0.3) is 0 Å². The molecule has 0 saturated carbocycles. The van der Waals surface area contributed by atoms with Crippen molar-refractivity contribution >= 4 is 11.9 Å². The predicted octanol–water partition coefficient (Wildman–Crippen LogP) is 2.05.